The summed E-state index contributed by atoms with van der Waals surface area (Å²) in [6.45, 7) is 1.59. The number of hydrogen-bond acceptors (Lipinski definition) is 3. The Hall–Kier alpha value is -1.26. The first-order valence-electron chi connectivity index (χ1n) is 6.26. The fourth-order valence-electron chi connectivity index (χ4n) is 2.20. The number of nitrogens with one attached hydrogen (secondary N) is 1. The van der Waals surface area contributed by atoms with Gasteiger partial charge in [0.2, 0.25) is 5.91 Å². The summed E-state index contributed by atoms with van der Waals surface area (Å²) in [5.41, 5.74) is 0.952. The Labute approximate surface area is 127 Å². The maximum Gasteiger partial charge on any atom is 0.328 e. The van der Waals surface area contributed by atoms with E-state index in [1.807, 2.05) is 12.1 Å². The molecule has 0 spiro atoms. The molecular formula is C14H15Cl2NO3. The van der Waals surface area contributed by atoms with Gasteiger partial charge < -0.3 is 10.1 Å². The summed E-state index contributed by atoms with van der Waals surface area (Å²) >= 11 is 11.9. The van der Waals surface area contributed by atoms with Gasteiger partial charge in [-0.05, 0) is 43.0 Å². The van der Waals surface area contributed by atoms with Gasteiger partial charge in [0.25, 0.3) is 0 Å². The zero-order valence-electron chi connectivity index (χ0n) is 11.2. The first kappa shape index (κ1) is 15.1. The van der Waals surface area contributed by atoms with Crippen LogP contribution in [0.4, 0.5) is 0 Å². The number of methoxy groups -OCH3 is 1. The Morgan fingerprint density at radius 3 is 2.45 bits per heavy atom. The van der Waals surface area contributed by atoms with E-state index in [9.17, 15) is 9.59 Å². The van der Waals surface area contributed by atoms with Crippen molar-refractivity contribution in [3.8, 4) is 0 Å². The van der Waals surface area contributed by atoms with E-state index in [-0.39, 0.29) is 17.7 Å². The van der Waals surface area contributed by atoms with E-state index in [1.54, 1.807) is 13.0 Å². The lowest BCUT2D eigenvalue weighted by atomic mass is 10.1. The zero-order valence-corrected chi connectivity index (χ0v) is 12.7. The van der Waals surface area contributed by atoms with Crippen molar-refractivity contribution >= 4 is 35.1 Å². The van der Waals surface area contributed by atoms with Gasteiger partial charge in [-0.1, -0.05) is 23.2 Å². The molecule has 0 unspecified atom stereocenters. The highest BCUT2D eigenvalue weighted by atomic mass is 35.5. The number of halogens is 2. The number of amides is 1. The van der Waals surface area contributed by atoms with E-state index in [0.29, 0.717) is 10.0 Å². The highest BCUT2D eigenvalue weighted by molar-refractivity contribution is 6.34. The third kappa shape index (κ3) is 3.44. The topological polar surface area (TPSA) is 55.4 Å². The Morgan fingerprint density at radius 1 is 1.30 bits per heavy atom. The zero-order chi connectivity index (χ0) is 14.9. The lowest BCUT2D eigenvalue weighted by Gasteiger charge is -2.11. The van der Waals surface area contributed by atoms with Crippen LogP contribution in [0.25, 0.3) is 0 Å². The highest BCUT2D eigenvalue weighted by Crippen LogP contribution is 2.48. The third-order valence-corrected chi connectivity index (χ3v) is 3.79. The van der Waals surface area contributed by atoms with Gasteiger partial charge in [0, 0.05) is 16.0 Å². The third-order valence-electron chi connectivity index (χ3n) is 3.35. The van der Waals surface area contributed by atoms with Crippen LogP contribution < -0.4 is 5.32 Å². The SMILES string of the molecule is COC(=O)[C@H](C)NC(=O)[C@H]1C[C@H]1c1cc(Cl)cc(Cl)c1. The molecule has 1 amide bonds. The van der Waals surface area contributed by atoms with Crippen LogP contribution in [-0.4, -0.2) is 25.0 Å². The molecule has 6 heteroatoms. The molecule has 1 aliphatic carbocycles. The Balaban J connectivity index is 1.97. The van der Waals surface area contributed by atoms with Crippen LogP contribution >= 0.6 is 23.2 Å². The van der Waals surface area contributed by atoms with Crippen molar-refractivity contribution in [2.24, 2.45) is 5.92 Å². The lowest BCUT2D eigenvalue weighted by molar-refractivity contribution is -0.144. The molecule has 0 radical (unpaired) electrons. The summed E-state index contributed by atoms with van der Waals surface area (Å²) in [4.78, 5) is 23.3. The Kier molecular flexibility index (Phi) is 4.55. The summed E-state index contributed by atoms with van der Waals surface area (Å²) in [7, 11) is 1.29. The summed E-state index contributed by atoms with van der Waals surface area (Å²) < 4.78 is 4.57. The summed E-state index contributed by atoms with van der Waals surface area (Å²) in [5, 5.41) is 3.76. The fourth-order valence-corrected chi connectivity index (χ4v) is 2.74. The van der Waals surface area contributed by atoms with Gasteiger partial charge in [0.05, 0.1) is 7.11 Å². The molecule has 3 atom stereocenters. The van der Waals surface area contributed by atoms with Gasteiger partial charge in [0.1, 0.15) is 6.04 Å². The maximum atomic E-state index is 12.0. The largest absolute Gasteiger partial charge is 0.467 e. The second-order valence-electron chi connectivity index (χ2n) is 4.90. The highest BCUT2D eigenvalue weighted by Gasteiger charge is 2.44. The van der Waals surface area contributed by atoms with Gasteiger partial charge in [0.15, 0.2) is 0 Å². The van der Waals surface area contributed by atoms with Crippen LogP contribution in [0, 0.1) is 5.92 Å². The molecule has 1 saturated carbocycles. The van der Waals surface area contributed by atoms with Crippen molar-refractivity contribution in [1.82, 2.24) is 5.32 Å². The van der Waals surface area contributed by atoms with Crippen molar-refractivity contribution < 1.29 is 14.3 Å². The molecule has 4 nitrogen and oxygen atoms in total. The Morgan fingerprint density at radius 2 is 1.90 bits per heavy atom. The molecule has 0 bridgehead atoms. The van der Waals surface area contributed by atoms with E-state index in [4.69, 9.17) is 23.2 Å². The maximum absolute atomic E-state index is 12.0. The minimum absolute atomic E-state index is 0.107. The van der Waals surface area contributed by atoms with Gasteiger partial charge in [-0.25, -0.2) is 4.79 Å². The average molecular weight is 316 g/mol. The van der Waals surface area contributed by atoms with Crippen molar-refractivity contribution in [2.45, 2.75) is 25.3 Å². The molecule has 0 heterocycles. The monoisotopic (exact) mass is 315 g/mol. The molecule has 0 aliphatic heterocycles. The van der Waals surface area contributed by atoms with Crippen LogP contribution in [0.2, 0.25) is 10.0 Å². The molecule has 1 N–H and O–H groups in total. The molecule has 2 rings (SSSR count). The molecule has 1 aliphatic rings. The molecule has 1 fully saturated rings. The van der Waals surface area contributed by atoms with Crippen LogP contribution in [0.1, 0.15) is 24.8 Å². The van der Waals surface area contributed by atoms with Gasteiger partial charge in [-0.15, -0.1) is 0 Å². The average Bonchev–Trinajstić information content (AvgIpc) is 3.16. The first-order chi connectivity index (χ1) is 9.42. The molecule has 1 aromatic rings. The first-order valence-corrected chi connectivity index (χ1v) is 7.02. The number of carbonyl (C=O) groups is 2. The van der Waals surface area contributed by atoms with Gasteiger partial charge in [-0.3, -0.25) is 4.79 Å². The number of ether oxygens (including phenoxy) is 1. The normalized spacial score (nSPS) is 22.0. The number of esters is 1. The summed E-state index contributed by atoms with van der Waals surface area (Å²) in [5.74, 6) is -0.641. The molecule has 20 heavy (non-hydrogen) atoms. The van der Waals surface area contributed by atoms with Crippen LogP contribution in [0.5, 0.6) is 0 Å². The molecule has 0 saturated heterocycles. The van der Waals surface area contributed by atoms with Crippen molar-refractivity contribution in [3.63, 3.8) is 0 Å². The van der Waals surface area contributed by atoms with E-state index in [0.717, 1.165) is 12.0 Å². The standard InChI is InChI=1S/C14H15Cl2NO3/c1-7(14(19)20-2)17-13(18)12-6-11(12)8-3-9(15)5-10(16)4-8/h3-5,7,11-12H,6H2,1-2H3,(H,17,18)/t7-,11-,12-/m0/s1. The smallest absolute Gasteiger partial charge is 0.328 e. The summed E-state index contributed by atoms with van der Waals surface area (Å²) in [6.07, 6.45) is 0.733. The van der Waals surface area contributed by atoms with E-state index < -0.39 is 12.0 Å². The molecule has 1 aromatic carbocycles. The van der Waals surface area contributed by atoms with Crippen molar-refractivity contribution in [1.29, 1.82) is 0 Å². The number of rotatable bonds is 4. The van der Waals surface area contributed by atoms with Gasteiger partial charge in [-0.2, -0.15) is 0 Å². The number of carbonyl (C=O) groups excluding carboxylic acids is 2. The quantitative estimate of drug-likeness (QED) is 0.869. The van der Waals surface area contributed by atoms with Crippen molar-refractivity contribution in [2.75, 3.05) is 7.11 Å². The predicted octanol–water partition coefficient (Wildman–Crippen LogP) is 2.77. The van der Waals surface area contributed by atoms with E-state index >= 15 is 0 Å². The van der Waals surface area contributed by atoms with Crippen LogP contribution in [0.15, 0.2) is 18.2 Å². The second-order valence-corrected chi connectivity index (χ2v) is 5.78. The molecule has 108 valence electrons. The molecule has 0 aromatic heterocycles. The second kappa shape index (κ2) is 6.02. The minimum atomic E-state index is -0.642. The van der Waals surface area contributed by atoms with E-state index in [2.05, 4.69) is 10.1 Å². The van der Waals surface area contributed by atoms with E-state index in [1.165, 1.54) is 7.11 Å². The minimum Gasteiger partial charge on any atom is -0.467 e. The Bertz CT molecular complexity index is 527. The van der Waals surface area contributed by atoms with Crippen molar-refractivity contribution in [3.05, 3.63) is 33.8 Å². The lowest BCUT2D eigenvalue weighted by Crippen LogP contribution is -2.40. The summed E-state index contributed by atoms with van der Waals surface area (Å²) in [6, 6.07) is 4.64. The number of benzene rings is 1. The van der Waals surface area contributed by atoms with Gasteiger partial charge >= 0.3 is 5.97 Å². The fraction of sp³-hybridized carbons (Fsp3) is 0.429. The van der Waals surface area contributed by atoms with Crippen LogP contribution in [-0.2, 0) is 14.3 Å². The number of hydrogen-bond donors (Lipinski definition) is 1. The predicted molar refractivity (Wildman–Crippen MR) is 76.9 cm³/mol. The van der Waals surface area contributed by atoms with Crippen LogP contribution in [0.3, 0.4) is 0 Å². The molecular weight excluding hydrogens is 301 g/mol.